The van der Waals surface area contributed by atoms with Crippen LogP contribution in [0, 0.1) is 0 Å². The summed E-state index contributed by atoms with van der Waals surface area (Å²) in [5.41, 5.74) is 3.16. The van der Waals surface area contributed by atoms with Gasteiger partial charge in [0.1, 0.15) is 23.9 Å². The molecule has 0 aliphatic carbocycles. The number of nitrogens with zero attached hydrogens (tertiary/aromatic N) is 3. The van der Waals surface area contributed by atoms with E-state index in [1.807, 2.05) is 30.3 Å². The molecule has 5 rings (SSSR count). The number of phenols is 1. The van der Waals surface area contributed by atoms with Crippen molar-refractivity contribution in [1.29, 1.82) is 0 Å². The zero-order valence-electron chi connectivity index (χ0n) is 19.4. The highest BCUT2D eigenvalue weighted by atomic mass is 16.5. The molecule has 0 spiro atoms. The maximum Gasteiger partial charge on any atom is 0.346 e. The number of likely N-dealkylation sites (tertiary alicyclic amines) is 1. The van der Waals surface area contributed by atoms with Gasteiger partial charge >= 0.3 is 5.69 Å². The Morgan fingerprint density at radius 1 is 1.03 bits per heavy atom. The van der Waals surface area contributed by atoms with Crippen LogP contribution in [0.1, 0.15) is 42.0 Å². The van der Waals surface area contributed by atoms with Crippen LogP contribution >= 0.6 is 0 Å². The minimum Gasteiger partial charge on any atom is -0.508 e. The summed E-state index contributed by atoms with van der Waals surface area (Å²) in [5, 5.41) is 9.98. The van der Waals surface area contributed by atoms with E-state index in [0.29, 0.717) is 6.61 Å². The molecule has 2 aliphatic heterocycles. The Balaban J connectivity index is 1.30. The number of fused-ring (bicyclic) bond motifs is 1. The van der Waals surface area contributed by atoms with Crippen LogP contribution in [-0.4, -0.2) is 52.8 Å². The van der Waals surface area contributed by atoms with Crippen molar-refractivity contribution in [2.75, 3.05) is 37.7 Å². The number of aromatic nitrogens is 2. The second-order valence-electron chi connectivity index (χ2n) is 9.20. The van der Waals surface area contributed by atoms with Crippen LogP contribution in [0.2, 0.25) is 0 Å². The summed E-state index contributed by atoms with van der Waals surface area (Å²) in [5.74, 6) is 1.95. The molecule has 7 nitrogen and oxygen atoms in total. The first-order chi connectivity index (χ1) is 16.7. The van der Waals surface area contributed by atoms with Gasteiger partial charge in [-0.2, -0.15) is 0 Å². The Bertz CT molecular complexity index is 1160. The molecule has 2 aromatic carbocycles. The van der Waals surface area contributed by atoms with E-state index in [1.165, 1.54) is 43.5 Å². The summed E-state index contributed by atoms with van der Waals surface area (Å²) in [7, 11) is 0. The number of hydrogen-bond acceptors (Lipinski definition) is 6. The van der Waals surface area contributed by atoms with Crippen LogP contribution in [0.25, 0.3) is 0 Å². The van der Waals surface area contributed by atoms with Crippen molar-refractivity contribution in [3.63, 3.8) is 0 Å². The number of piperidine rings is 1. The minimum atomic E-state index is -0.348. The molecule has 1 atom stereocenters. The lowest BCUT2D eigenvalue weighted by Crippen LogP contribution is -2.38. The summed E-state index contributed by atoms with van der Waals surface area (Å²) < 4.78 is 6.00. The summed E-state index contributed by atoms with van der Waals surface area (Å²) >= 11 is 0. The Morgan fingerprint density at radius 3 is 2.65 bits per heavy atom. The van der Waals surface area contributed by atoms with Gasteiger partial charge < -0.3 is 14.7 Å². The summed E-state index contributed by atoms with van der Waals surface area (Å²) in [6.45, 7) is 4.80. The molecule has 0 bridgehead atoms. The number of ether oxygens (including phenoxy) is 1. The molecule has 34 heavy (non-hydrogen) atoms. The molecule has 3 heterocycles. The molecule has 2 N–H and O–H groups in total. The van der Waals surface area contributed by atoms with Gasteiger partial charge in [0.25, 0.3) is 0 Å². The molecule has 178 valence electrons. The van der Waals surface area contributed by atoms with Gasteiger partial charge in [-0.3, -0.25) is 9.88 Å². The lowest BCUT2D eigenvalue weighted by Gasteiger charge is -2.38. The number of phenolic OH excluding ortho intramolecular Hbond substituents is 1. The highest BCUT2D eigenvalue weighted by Gasteiger charge is 2.28. The number of aromatic amines is 1. The van der Waals surface area contributed by atoms with E-state index in [-0.39, 0.29) is 17.5 Å². The van der Waals surface area contributed by atoms with Crippen molar-refractivity contribution in [3.8, 4) is 11.5 Å². The number of nitrogens with one attached hydrogen (secondary N) is 1. The van der Waals surface area contributed by atoms with Crippen LogP contribution in [0.15, 0.2) is 59.5 Å². The first kappa shape index (κ1) is 22.5. The second kappa shape index (κ2) is 10.3. The first-order valence-corrected chi connectivity index (χ1v) is 12.2. The summed E-state index contributed by atoms with van der Waals surface area (Å²) in [6, 6.07) is 15.8. The predicted octanol–water partition coefficient (Wildman–Crippen LogP) is 3.69. The summed E-state index contributed by atoms with van der Waals surface area (Å²) in [4.78, 5) is 23.2. The van der Waals surface area contributed by atoms with Gasteiger partial charge in [0.05, 0.1) is 6.04 Å². The topological polar surface area (TPSA) is 81.7 Å². The molecule has 1 saturated heterocycles. The SMILES string of the molecule is O=c1nccc(N2CCc3cc(O)ccc3C2Cc2ccc(OCCN3CCCCC3)cc2)[nH]1. The quantitative estimate of drug-likeness (QED) is 0.560. The lowest BCUT2D eigenvalue weighted by molar-refractivity contribution is 0.183. The van der Waals surface area contributed by atoms with Crippen LogP contribution in [0.4, 0.5) is 5.82 Å². The van der Waals surface area contributed by atoms with E-state index in [0.717, 1.165) is 43.1 Å². The molecule has 2 aliphatic rings. The van der Waals surface area contributed by atoms with Gasteiger partial charge in [0.2, 0.25) is 0 Å². The van der Waals surface area contributed by atoms with E-state index in [9.17, 15) is 9.90 Å². The van der Waals surface area contributed by atoms with Gasteiger partial charge in [0.15, 0.2) is 0 Å². The fourth-order valence-electron chi connectivity index (χ4n) is 5.15. The van der Waals surface area contributed by atoms with Gasteiger partial charge in [-0.15, -0.1) is 0 Å². The molecule has 0 saturated carbocycles. The monoisotopic (exact) mass is 460 g/mol. The van der Waals surface area contributed by atoms with Crippen molar-refractivity contribution in [3.05, 3.63) is 81.9 Å². The van der Waals surface area contributed by atoms with Crippen LogP contribution < -0.4 is 15.3 Å². The van der Waals surface area contributed by atoms with E-state index in [2.05, 4.69) is 31.9 Å². The third kappa shape index (κ3) is 5.25. The lowest BCUT2D eigenvalue weighted by atomic mass is 9.88. The Morgan fingerprint density at radius 2 is 1.85 bits per heavy atom. The third-order valence-corrected chi connectivity index (χ3v) is 6.93. The fraction of sp³-hybridized carbons (Fsp3) is 0.407. The second-order valence-corrected chi connectivity index (χ2v) is 9.20. The molecular weight excluding hydrogens is 428 g/mol. The maximum absolute atomic E-state index is 11.9. The van der Waals surface area contributed by atoms with E-state index < -0.39 is 0 Å². The molecule has 1 aromatic heterocycles. The van der Waals surface area contributed by atoms with Crippen molar-refractivity contribution >= 4 is 5.82 Å². The maximum atomic E-state index is 11.9. The number of rotatable bonds is 7. The highest BCUT2D eigenvalue weighted by Crippen LogP contribution is 2.36. The van der Waals surface area contributed by atoms with Crippen molar-refractivity contribution in [1.82, 2.24) is 14.9 Å². The van der Waals surface area contributed by atoms with Crippen molar-refractivity contribution in [2.24, 2.45) is 0 Å². The first-order valence-electron chi connectivity index (χ1n) is 12.2. The number of benzene rings is 2. The highest BCUT2D eigenvalue weighted by molar-refractivity contribution is 5.49. The van der Waals surface area contributed by atoms with Gasteiger partial charge in [-0.25, -0.2) is 9.78 Å². The molecule has 7 heteroatoms. The number of hydrogen-bond donors (Lipinski definition) is 2. The predicted molar refractivity (Wildman–Crippen MR) is 133 cm³/mol. The number of H-pyrrole nitrogens is 1. The van der Waals surface area contributed by atoms with E-state index in [1.54, 1.807) is 12.3 Å². The molecule has 0 radical (unpaired) electrons. The Labute approximate surface area is 200 Å². The molecule has 0 amide bonds. The fourth-order valence-corrected chi connectivity index (χ4v) is 5.15. The molecular formula is C27H32N4O3. The number of aromatic hydroxyl groups is 1. The largest absolute Gasteiger partial charge is 0.508 e. The average molecular weight is 461 g/mol. The van der Waals surface area contributed by atoms with Gasteiger partial charge in [-0.05, 0) is 85.8 Å². The number of anilines is 1. The Kier molecular flexibility index (Phi) is 6.81. The van der Waals surface area contributed by atoms with Gasteiger partial charge in [-0.1, -0.05) is 24.6 Å². The zero-order chi connectivity index (χ0) is 23.3. The molecule has 3 aromatic rings. The smallest absolute Gasteiger partial charge is 0.346 e. The van der Waals surface area contributed by atoms with E-state index >= 15 is 0 Å². The normalized spacial score (nSPS) is 18.5. The minimum absolute atomic E-state index is 0.0354. The van der Waals surface area contributed by atoms with Crippen molar-refractivity contribution < 1.29 is 9.84 Å². The van der Waals surface area contributed by atoms with Gasteiger partial charge in [0, 0.05) is 19.3 Å². The summed E-state index contributed by atoms with van der Waals surface area (Å²) in [6.07, 6.45) is 7.06. The van der Waals surface area contributed by atoms with Crippen LogP contribution in [0.5, 0.6) is 11.5 Å². The Hall–Kier alpha value is -3.32. The third-order valence-electron chi connectivity index (χ3n) is 6.93. The molecule has 1 unspecified atom stereocenters. The average Bonchev–Trinajstić information content (AvgIpc) is 2.86. The van der Waals surface area contributed by atoms with Crippen LogP contribution in [-0.2, 0) is 12.8 Å². The standard InChI is InChI=1S/C27H32N4O3/c32-22-6-9-24-21(19-22)11-15-31(26-10-12-28-27(33)29-26)25(24)18-20-4-7-23(8-5-20)34-17-16-30-13-2-1-3-14-30/h4-10,12,19,25,32H,1-3,11,13-18H2,(H,28,29,33). The molecule has 1 fully saturated rings. The van der Waals surface area contributed by atoms with E-state index in [4.69, 9.17) is 4.74 Å². The van der Waals surface area contributed by atoms with Crippen molar-refractivity contribution in [2.45, 2.75) is 38.1 Å². The van der Waals surface area contributed by atoms with Crippen LogP contribution in [0.3, 0.4) is 0 Å². The zero-order valence-corrected chi connectivity index (χ0v) is 19.4.